The second-order valence-electron chi connectivity index (χ2n) is 5.52. The zero-order valence-electron chi connectivity index (χ0n) is 12.4. The summed E-state index contributed by atoms with van der Waals surface area (Å²) in [5.41, 5.74) is 6.98. The van der Waals surface area contributed by atoms with Crippen molar-refractivity contribution in [3.8, 4) is 0 Å². The van der Waals surface area contributed by atoms with Crippen molar-refractivity contribution in [3.05, 3.63) is 53.9 Å². The number of aromatic nitrogens is 2. The number of nitrogens with two attached hydrogens (primary N) is 1. The predicted molar refractivity (Wildman–Crippen MR) is 82.2 cm³/mol. The summed E-state index contributed by atoms with van der Waals surface area (Å²) in [7, 11) is 0. The van der Waals surface area contributed by atoms with Crippen LogP contribution in [0.25, 0.3) is 0 Å². The molecule has 6 nitrogen and oxygen atoms in total. The molecule has 0 bridgehead atoms. The Labute approximate surface area is 129 Å². The molecule has 1 aromatic heterocycles. The molecule has 1 amide bonds. The monoisotopic (exact) mass is 300 g/mol. The van der Waals surface area contributed by atoms with Gasteiger partial charge in [0.25, 0.3) is 0 Å². The number of hydrogen-bond donors (Lipinski definition) is 1. The maximum absolute atomic E-state index is 11.3. The van der Waals surface area contributed by atoms with Gasteiger partial charge >= 0.3 is 0 Å². The Morgan fingerprint density at radius 3 is 3.09 bits per heavy atom. The van der Waals surface area contributed by atoms with Crippen molar-refractivity contribution in [1.29, 1.82) is 0 Å². The first kappa shape index (κ1) is 14.7. The van der Waals surface area contributed by atoms with Crippen LogP contribution < -0.4 is 5.73 Å². The van der Waals surface area contributed by atoms with Crippen LogP contribution in [0.1, 0.15) is 15.9 Å². The number of carbonyl (C=O) groups excluding carboxylic acids is 1. The van der Waals surface area contributed by atoms with Crippen LogP contribution in [0.4, 0.5) is 0 Å². The lowest BCUT2D eigenvalue weighted by Crippen LogP contribution is -2.43. The van der Waals surface area contributed by atoms with Gasteiger partial charge in [-0.25, -0.2) is 0 Å². The Morgan fingerprint density at radius 1 is 1.41 bits per heavy atom. The summed E-state index contributed by atoms with van der Waals surface area (Å²) in [6.45, 7) is 3.99. The number of rotatable bonds is 5. The third kappa shape index (κ3) is 3.72. The Bertz CT molecular complexity index is 627. The van der Waals surface area contributed by atoms with E-state index in [1.165, 1.54) is 0 Å². The molecular formula is C16H20N4O2. The van der Waals surface area contributed by atoms with E-state index in [1.54, 1.807) is 12.3 Å². The molecule has 0 unspecified atom stereocenters. The van der Waals surface area contributed by atoms with Crippen LogP contribution in [0, 0.1) is 0 Å². The summed E-state index contributed by atoms with van der Waals surface area (Å²) >= 11 is 0. The molecular weight excluding hydrogens is 280 g/mol. The van der Waals surface area contributed by atoms with Crippen molar-refractivity contribution in [1.82, 2.24) is 14.7 Å². The molecule has 116 valence electrons. The summed E-state index contributed by atoms with van der Waals surface area (Å²) in [6, 6.07) is 9.41. The van der Waals surface area contributed by atoms with Gasteiger partial charge in [-0.1, -0.05) is 12.1 Å². The van der Waals surface area contributed by atoms with Crippen molar-refractivity contribution in [2.45, 2.75) is 19.2 Å². The highest BCUT2D eigenvalue weighted by Crippen LogP contribution is 2.13. The quantitative estimate of drug-likeness (QED) is 0.890. The molecule has 1 fully saturated rings. The molecule has 22 heavy (non-hydrogen) atoms. The molecule has 2 N–H and O–H groups in total. The molecule has 1 aromatic carbocycles. The van der Waals surface area contributed by atoms with Gasteiger partial charge in [-0.05, 0) is 23.8 Å². The second kappa shape index (κ2) is 6.72. The Hall–Kier alpha value is -2.18. The highest BCUT2D eigenvalue weighted by atomic mass is 16.5. The van der Waals surface area contributed by atoms with Crippen molar-refractivity contribution in [2.24, 2.45) is 5.73 Å². The van der Waals surface area contributed by atoms with Gasteiger partial charge in [-0.3, -0.25) is 14.4 Å². The largest absolute Gasteiger partial charge is 0.374 e. The standard InChI is InChI=1S/C16H20N4O2/c17-16(21)14-4-1-3-13(9-14)10-19-7-8-22-15(11-19)12-20-6-2-5-18-20/h1-6,9,15H,7-8,10-12H2,(H2,17,21)/t15-/m0/s1. The lowest BCUT2D eigenvalue weighted by molar-refractivity contribution is -0.0402. The van der Waals surface area contributed by atoms with Crippen LogP contribution in [0.3, 0.4) is 0 Å². The zero-order chi connectivity index (χ0) is 15.4. The summed E-state index contributed by atoms with van der Waals surface area (Å²) < 4.78 is 7.70. The molecule has 3 rings (SSSR count). The maximum Gasteiger partial charge on any atom is 0.248 e. The fraction of sp³-hybridized carbons (Fsp3) is 0.375. The minimum absolute atomic E-state index is 0.132. The van der Waals surface area contributed by atoms with Crippen molar-refractivity contribution >= 4 is 5.91 Å². The van der Waals surface area contributed by atoms with Gasteiger partial charge < -0.3 is 10.5 Å². The van der Waals surface area contributed by atoms with E-state index in [0.717, 1.165) is 31.7 Å². The summed E-state index contributed by atoms with van der Waals surface area (Å²) in [6.07, 6.45) is 3.85. The number of benzene rings is 1. The van der Waals surface area contributed by atoms with E-state index in [2.05, 4.69) is 10.00 Å². The van der Waals surface area contributed by atoms with Gasteiger partial charge in [0.2, 0.25) is 5.91 Å². The van der Waals surface area contributed by atoms with Crippen LogP contribution in [0.5, 0.6) is 0 Å². The maximum atomic E-state index is 11.3. The van der Waals surface area contributed by atoms with Crippen molar-refractivity contribution in [2.75, 3.05) is 19.7 Å². The zero-order valence-corrected chi connectivity index (χ0v) is 12.4. The minimum atomic E-state index is -0.389. The van der Waals surface area contributed by atoms with Gasteiger partial charge in [-0.15, -0.1) is 0 Å². The molecule has 1 saturated heterocycles. The highest BCUT2D eigenvalue weighted by molar-refractivity contribution is 5.92. The Kier molecular flexibility index (Phi) is 4.50. The number of amides is 1. The number of carbonyl (C=O) groups is 1. The SMILES string of the molecule is NC(=O)c1cccc(CN2CCO[C@H](Cn3cccn3)C2)c1. The predicted octanol–water partition coefficient (Wildman–Crippen LogP) is 0.883. The number of primary amides is 1. The average Bonchev–Trinajstić information content (AvgIpc) is 3.01. The fourth-order valence-electron chi connectivity index (χ4n) is 2.73. The lowest BCUT2D eigenvalue weighted by Gasteiger charge is -2.33. The van der Waals surface area contributed by atoms with E-state index >= 15 is 0 Å². The van der Waals surface area contributed by atoms with Gasteiger partial charge in [-0.2, -0.15) is 5.10 Å². The first-order valence-electron chi connectivity index (χ1n) is 7.41. The lowest BCUT2D eigenvalue weighted by atomic mass is 10.1. The normalized spacial score (nSPS) is 19.2. The van der Waals surface area contributed by atoms with E-state index in [4.69, 9.17) is 10.5 Å². The van der Waals surface area contributed by atoms with Crippen LogP contribution in [-0.4, -0.2) is 46.4 Å². The summed E-state index contributed by atoms with van der Waals surface area (Å²) in [4.78, 5) is 13.6. The van der Waals surface area contributed by atoms with E-state index in [1.807, 2.05) is 35.1 Å². The highest BCUT2D eigenvalue weighted by Gasteiger charge is 2.21. The molecule has 2 aromatic rings. The molecule has 6 heteroatoms. The van der Waals surface area contributed by atoms with Crippen molar-refractivity contribution < 1.29 is 9.53 Å². The van der Waals surface area contributed by atoms with Crippen LogP contribution in [0.15, 0.2) is 42.7 Å². The van der Waals surface area contributed by atoms with Gasteiger partial charge in [0, 0.05) is 37.6 Å². The van der Waals surface area contributed by atoms with Gasteiger partial charge in [0.05, 0.1) is 19.3 Å². The third-order valence-corrected chi connectivity index (χ3v) is 3.79. The topological polar surface area (TPSA) is 73.4 Å². The van der Waals surface area contributed by atoms with Crippen LogP contribution >= 0.6 is 0 Å². The third-order valence-electron chi connectivity index (χ3n) is 3.79. The second-order valence-corrected chi connectivity index (χ2v) is 5.52. The number of hydrogen-bond acceptors (Lipinski definition) is 4. The van der Waals surface area contributed by atoms with Gasteiger partial charge in [0.15, 0.2) is 0 Å². The fourth-order valence-corrected chi connectivity index (χ4v) is 2.73. The van der Waals surface area contributed by atoms with E-state index in [-0.39, 0.29) is 12.0 Å². The molecule has 2 heterocycles. The average molecular weight is 300 g/mol. The van der Waals surface area contributed by atoms with Crippen molar-refractivity contribution in [3.63, 3.8) is 0 Å². The Balaban J connectivity index is 1.60. The first-order chi connectivity index (χ1) is 10.7. The first-order valence-corrected chi connectivity index (χ1v) is 7.41. The molecule has 1 aliphatic rings. The van der Waals surface area contributed by atoms with Crippen LogP contribution in [-0.2, 0) is 17.8 Å². The molecule has 0 saturated carbocycles. The molecule has 1 aliphatic heterocycles. The number of nitrogens with zero attached hydrogens (tertiary/aromatic N) is 3. The van der Waals surface area contributed by atoms with E-state index in [0.29, 0.717) is 12.2 Å². The van der Waals surface area contributed by atoms with Crippen LogP contribution in [0.2, 0.25) is 0 Å². The van der Waals surface area contributed by atoms with Gasteiger partial charge in [0.1, 0.15) is 0 Å². The molecule has 0 spiro atoms. The number of ether oxygens (including phenoxy) is 1. The van der Waals surface area contributed by atoms with E-state index < -0.39 is 0 Å². The Morgan fingerprint density at radius 2 is 2.32 bits per heavy atom. The summed E-state index contributed by atoms with van der Waals surface area (Å²) in [5.74, 6) is -0.389. The molecule has 0 radical (unpaired) electrons. The smallest absolute Gasteiger partial charge is 0.248 e. The summed E-state index contributed by atoms with van der Waals surface area (Å²) in [5, 5.41) is 4.22. The van der Waals surface area contributed by atoms with E-state index in [9.17, 15) is 4.79 Å². The molecule has 0 aliphatic carbocycles. The minimum Gasteiger partial charge on any atom is -0.374 e. The molecule has 1 atom stereocenters. The number of morpholine rings is 1.